The number of rotatable bonds is 6. The monoisotopic (exact) mass is 464 g/mol. The highest BCUT2D eigenvalue weighted by molar-refractivity contribution is 6.30. The number of anilines is 1. The van der Waals surface area contributed by atoms with Crippen LogP contribution in [0.5, 0.6) is 0 Å². The van der Waals surface area contributed by atoms with Crippen LogP contribution in [0.15, 0.2) is 72.6 Å². The Bertz CT molecular complexity index is 1300. The third kappa shape index (κ3) is 4.78. The highest BCUT2D eigenvalue weighted by Crippen LogP contribution is 2.20. The van der Waals surface area contributed by atoms with Crippen molar-refractivity contribution in [1.82, 2.24) is 14.8 Å². The Hall–Kier alpha value is -4.37. The first kappa shape index (κ1) is 21.8. The summed E-state index contributed by atoms with van der Waals surface area (Å²) in [5.74, 6) is -2.26. The lowest BCUT2D eigenvalue weighted by molar-refractivity contribution is -0.127. The van der Waals surface area contributed by atoms with E-state index in [-0.39, 0.29) is 11.3 Å². The zero-order chi connectivity index (χ0) is 23.5. The topological polar surface area (TPSA) is 121 Å². The lowest BCUT2D eigenvalue weighted by Gasteiger charge is -2.12. The fraction of sp³-hybridized carbons (Fsp3) is 0.0435. The Morgan fingerprint density at radius 2 is 1.82 bits per heavy atom. The van der Waals surface area contributed by atoms with Crippen molar-refractivity contribution in [3.8, 4) is 5.69 Å². The number of aromatic carboxylic acids is 1. The number of aromatic nitrogens is 1. The first-order valence-electron chi connectivity index (χ1n) is 9.73. The molecular formula is C23H17ClN4O5. The van der Waals surface area contributed by atoms with Crippen LogP contribution >= 0.6 is 11.6 Å². The number of hydrogen-bond donors (Lipinski definition) is 3. The van der Waals surface area contributed by atoms with Crippen LogP contribution in [-0.4, -0.2) is 44.9 Å². The lowest BCUT2D eigenvalue weighted by Crippen LogP contribution is -2.38. The second-order valence-corrected chi connectivity index (χ2v) is 7.53. The third-order valence-electron chi connectivity index (χ3n) is 4.84. The van der Waals surface area contributed by atoms with Gasteiger partial charge < -0.3 is 20.3 Å². The van der Waals surface area contributed by atoms with E-state index < -0.39 is 30.4 Å². The molecule has 1 aromatic heterocycles. The van der Waals surface area contributed by atoms with E-state index in [0.717, 1.165) is 4.90 Å². The highest BCUT2D eigenvalue weighted by Gasteiger charge is 2.35. The van der Waals surface area contributed by atoms with Gasteiger partial charge in [0.25, 0.3) is 5.91 Å². The summed E-state index contributed by atoms with van der Waals surface area (Å²) in [6, 6.07) is 15.4. The van der Waals surface area contributed by atoms with Crippen LogP contribution < -0.4 is 10.6 Å². The van der Waals surface area contributed by atoms with E-state index in [1.54, 1.807) is 59.3 Å². The minimum atomic E-state index is -1.06. The number of carboxylic acids is 1. The summed E-state index contributed by atoms with van der Waals surface area (Å²) in [5, 5.41) is 14.8. The molecule has 0 saturated carbocycles. The molecule has 4 rings (SSSR count). The summed E-state index contributed by atoms with van der Waals surface area (Å²) in [6.07, 6.45) is 3.16. The van der Waals surface area contributed by atoms with Crippen LogP contribution in [0.4, 0.5) is 10.5 Å². The Kier molecular flexibility index (Phi) is 5.97. The first-order valence-corrected chi connectivity index (χ1v) is 10.1. The third-order valence-corrected chi connectivity index (χ3v) is 5.09. The quantitative estimate of drug-likeness (QED) is 0.381. The molecule has 0 spiro atoms. The number of urea groups is 1. The molecule has 2 aromatic carbocycles. The number of carbonyl (C=O) groups is 4. The van der Waals surface area contributed by atoms with Gasteiger partial charge in [-0.3, -0.25) is 9.59 Å². The number of hydrogen-bond acceptors (Lipinski definition) is 4. The normalized spacial score (nSPS) is 14.5. The fourth-order valence-electron chi connectivity index (χ4n) is 3.28. The molecule has 0 atom stereocenters. The molecule has 0 bridgehead atoms. The van der Waals surface area contributed by atoms with Gasteiger partial charge in [0.05, 0.1) is 5.56 Å². The minimum Gasteiger partial charge on any atom is -0.478 e. The summed E-state index contributed by atoms with van der Waals surface area (Å²) in [5.41, 5.74) is 1.70. The molecule has 1 fully saturated rings. The van der Waals surface area contributed by atoms with Crippen molar-refractivity contribution in [3.05, 3.63) is 88.8 Å². The van der Waals surface area contributed by atoms with E-state index in [2.05, 4.69) is 10.6 Å². The van der Waals surface area contributed by atoms with Crippen molar-refractivity contribution in [2.24, 2.45) is 0 Å². The molecule has 3 N–H and O–H groups in total. The number of amides is 4. The molecule has 0 radical (unpaired) electrons. The molecule has 2 heterocycles. The Balaban J connectivity index is 1.51. The average Bonchev–Trinajstić information content (AvgIpc) is 3.35. The molecule has 3 aromatic rings. The molecule has 1 saturated heterocycles. The van der Waals surface area contributed by atoms with Gasteiger partial charge >= 0.3 is 12.0 Å². The van der Waals surface area contributed by atoms with Gasteiger partial charge in [0, 0.05) is 28.3 Å². The molecule has 166 valence electrons. The number of carboxylic acid groups (broad SMARTS) is 1. The van der Waals surface area contributed by atoms with Gasteiger partial charge in [0.1, 0.15) is 12.2 Å². The zero-order valence-electron chi connectivity index (χ0n) is 17.0. The van der Waals surface area contributed by atoms with Crippen molar-refractivity contribution in [2.75, 3.05) is 11.9 Å². The number of imide groups is 1. The van der Waals surface area contributed by atoms with Crippen molar-refractivity contribution in [1.29, 1.82) is 0 Å². The van der Waals surface area contributed by atoms with Gasteiger partial charge in [-0.2, -0.15) is 0 Å². The van der Waals surface area contributed by atoms with Gasteiger partial charge in [-0.25, -0.2) is 14.5 Å². The molecule has 0 aliphatic carbocycles. The van der Waals surface area contributed by atoms with E-state index in [4.69, 9.17) is 11.6 Å². The smallest absolute Gasteiger partial charge is 0.335 e. The SMILES string of the molecule is O=C(CN1C(=O)N/C(=C\c2cccn2-c2cccc(C(=O)O)c2)C1=O)Nc1ccc(Cl)cc1. The van der Waals surface area contributed by atoms with E-state index in [9.17, 15) is 24.3 Å². The van der Waals surface area contributed by atoms with Gasteiger partial charge in [0.15, 0.2) is 0 Å². The van der Waals surface area contributed by atoms with E-state index >= 15 is 0 Å². The first-order chi connectivity index (χ1) is 15.8. The van der Waals surface area contributed by atoms with Crippen LogP contribution in [0.3, 0.4) is 0 Å². The predicted molar refractivity (Wildman–Crippen MR) is 121 cm³/mol. The maximum Gasteiger partial charge on any atom is 0.335 e. The zero-order valence-corrected chi connectivity index (χ0v) is 17.7. The van der Waals surface area contributed by atoms with Crippen LogP contribution in [0.2, 0.25) is 5.02 Å². The summed E-state index contributed by atoms with van der Waals surface area (Å²) in [4.78, 5) is 49.4. The molecule has 0 unspecified atom stereocenters. The number of nitrogens with zero attached hydrogens (tertiary/aromatic N) is 2. The van der Waals surface area contributed by atoms with Crippen molar-refractivity contribution in [3.63, 3.8) is 0 Å². The maximum atomic E-state index is 12.8. The Morgan fingerprint density at radius 3 is 2.55 bits per heavy atom. The predicted octanol–water partition coefficient (Wildman–Crippen LogP) is 3.36. The standard InChI is InChI=1S/C23H17ClN4O5/c24-15-6-8-16(9-7-15)25-20(29)13-28-21(30)19(26-23(28)33)12-18-5-2-10-27(18)17-4-1-3-14(11-17)22(31)32/h1-12H,13H2,(H,25,29)(H,26,33)(H,31,32)/b19-12-. The van der Waals surface area contributed by atoms with Crippen molar-refractivity contribution < 1.29 is 24.3 Å². The Labute approximate surface area is 192 Å². The summed E-state index contributed by atoms with van der Waals surface area (Å²) < 4.78 is 1.68. The lowest BCUT2D eigenvalue weighted by atomic mass is 10.2. The highest BCUT2D eigenvalue weighted by atomic mass is 35.5. The van der Waals surface area contributed by atoms with Gasteiger partial charge in [-0.1, -0.05) is 17.7 Å². The average molecular weight is 465 g/mol. The second-order valence-electron chi connectivity index (χ2n) is 7.09. The molecule has 33 heavy (non-hydrogen) atoms. The molecular weight excluding hydrogens is 448 g/mol. The number of halogens is 1. The molecule has 4 amide bonds. The van der Waals surface area contributed by atoms with E-state index in [1.165, 1.54) is 18.2 Å². The number of carbonyl (C=O) groups excluding carboxylic acids is 3. The second kappa shape index (κ2) is 9.01. The van der Waals surface area contributed by atoms with Gasteiger partial charge in [-0.05, 0) is 60.7 Å². The molecule has 1 aliphatic heterocycles. The van der Waals surface area contributed by atoms with E-state index in [0.29, 0.717) is 22.1 Å². The molecule has 1 aliphatic rings. The number of benzene rings is 2. The molecule has 10 heteroatoms. The molecule has 9 nitrogen and oxygen atoms in total. The van der Waals surface area contributed by atoms with Gasteiger partial charge in [0.2, 0.25) is 5.91 Å². The maximum absolute atomic E-state index is 12.8. The Morgan fingerprint density at radius 1 is 1.06 bits per heavy atom. The van der Waals surface area contributed by atoms with Crippen LogP contribution in [-0.2, 0) is 9.59 Å². The summed E-state index contributed by atoms with van der Waals surface area (Å²) in [6.45, 7) is -0.466. The number of nitrogens with one attached hydrogen (secondary N) is 2. The van der Waals surface area contributed by atoms with Crippen LogP contribution in [0.1, 0.15) is 16.1 Å². The van der Waals surface area contributed by atoms with Crippen LogP contribution in [0.25, 0.3) is 11.8 Å². The van der Waals surface area contributed by atoms with Gasteiger partial charge in [-0.15, -0.1) is 0 Å². The van der Waals surface area contributed by atoms with Crippen LogP contribution in [0, 0.1) is 0 Å². The largest absolute Gasteiger partial charge is 0.478 e. The van der Waals surface area contributed by atoms with E-state index in [1.807, 2.05) is 0 Å². The summed E-state index contributed by atoms with van der Waals surface area (Å²) >= 11 is 5.82. The van der Waals surface area contributed by atoms with Crippen molar-refractivity contribution in [2.45, 2.75) is 0 Å². The van der Waals surface area contributed by atoms with Crippen molar-refractivity contribution >= 4 is 47.2 Å². The summed E-state index contributed by atoms with van der Waals surface area (Å²) in [7, 11) is 0. The minimum absolute atomic E-state index is 0.00590. The fourth-order valence-corrected chi connectivity index (χ4v) is 3.40.